The maximum atomic E-state index is 12.0. The maximum absolute atomic E-state index is 12.0. The summed E-state index contributed by atoms with van der Waals surface area (Å²) in [6.07, 6.45) is 4.75. The van der Waals surface area contributed by atoms with Crippen molar-refractivity contribution in [3.8, 4) is 0 Å². The number of carbonyl (C=O) groups excluding carboxylic acids is 2. The van der Waals surface area contributed by atoms with Crippen LogP contribution in [0, 0.1) is 16.0 Å². The zero-order valence-corrected chi connectivity index (χ0v) is 13.8. The molecule has 0 aliphatic heterocycles. The second-order valence-corrected chi connectivity index (χ2v) is 6.25. The van der Waals surface area contributed by atoms with Crippen LogP contribution in [0.25, 0.3) is 0 Å². The van der Waals surface area contributed by atoms with Gasteiger partial charge in [-0.1, -0.05) is 19.8 Å². The fourth-order valence-electron chi connectivity index (χ4n) is 2.94. The molecule has 1 fully saturated rings. The first kappa shape index (κ1) is 17.9. The molecule has 7 nitrogen and oxygen atoms in total. The molecule has 7 heteroatoms. The highest BCUT2D eigenvalue weighted by Gasteiger charge is 2.22. The molecule has 1 aromatic carbocycles. The SMILES string of the molecule is C[C@@H]1CCCC[C@H]1NC(=O)CCNC(=O)c1ccc([N+](=O)[O-])cc1. The number of nitrogens with one attached hydrogen (secondary N) is 2. The summed E-state index contributed by atoms with van der Waals surface area (Å²) in [5.41, 5.74) is 0.273. The molecule has 2 N–H and O–H groups in total. The predicted molar refractivity (Wildman–Crippen MR) is 89.6 cm³/mol. The molecule has 1 aliphatic rings. The molecule has 1 saturated carbocycles. The quantitative estimate of drug-likeness (QED) is 0.616. The van der Waals surface area contributed by atoms with E-state index in [2.05, 4.69) is 17.6 Å². The molecule has 130 valence electrons. The van der Waals surface area contributed by atoms with Crippen molar-refractivity contribution in [1.82, 2.24) is 10.6 Å². The monoisotopic (exact) mass is 333 g/mol. The van der Waals surface area contributed by atoms with Crippen LogP contribution in [0.2, 0.25) is 0 Å². The summed E-state index contributed by atoms with van der Waals surface area (Å²) in [5, 5.41) is 16.3. The van der Waals surface area contributed by atoms with E-state index >= 15 is 0 Å². The van der Waals surface area contributed by atoms with Crippen molar-refractivity contribution in [2.45, 2.75) is 45.1 Å². The molecule has 0 radical (unpaired) electrons. The van der Waals surface area contributed by atoms with Crippen molar-refractivity contribution in [2.24, 2.45) is 5.92 Å². The van der Waals surface area contributed by atoms with E-state index < -0.39 is 4.92 Å². The van der Waals surface area contributed by atoms with Gasteiger partial charge in [-0.3, -0.25) is 19.7 Å². The second kappa shape index (κ2) is 8.42. The van der Waals surface area contributed by atoms with Gasteiger partial charge in [-0.05, 0) is 30.9 Å². The topological polar surface area (TPSA) is 101 Å². The highest BCUT2D eigenvalue weighted by molar-refractivity contribution is 5.94. The Morgan fingerprint density at radius 3 is 2.50 bits per heavy atom. The number of benzene rings is 1. The smallest absolute Gasteiger partial charge is 0.269 e. The van der Waals surface area contributed by atoms with Gasteiger partial charge in [-0.2, -0.15) is 0 Å². The molecule has 24 heavy (non-hydrogen) atoms. The third-order valence-corrected chi connectivity index (χ3v) is 4.44. The summed E-state index contributed by atoms with van der Waals surface area (Å²) < 4.78 is 0. The van der Waals surface area contributed by atoms with E-state index in [1.54, 1.807) is 0 Å². The average Bonchev–Trinajstić information content (AvgIpc) is 2.57. The molecular weight excluding hydrogens is 310 g/mol. The maximum Gasteiger partial charge on any atom is 0.269 e. The van der Waals surface area contributed by atoms with Gasteiger partial charge in [-0.15, -0.1) is 0 Å². The summed E-state index contributed by atoms with van der Waals surface area (Å²) in [6, 6.07) is 5.60. The minimum Gasteiger partial charge on any atom is -0.353 e. The van der Waals surface area contributed by atoms with Crippen LogP contribution in [0.1, 0.15) is 49.4 Å². The number of nitro groups is 1. The second-order valence-electron chi connectivity index (χ2n) is 6.25. The van der Waals surface area contributed by atoms with Crippen LogP contribution in [0.15, 0.2) is 24.3 Å². The van der Waals surface area contributed by atoms with E-state index in [-0.39, 0.29) is 36.5 Å². The number of carbonyl (C=O) groups is 2. The summed E-state index contributed by atoms with van der Waals surface area (Å²) in [4.78, 5) is 34.0. The number of nitrogens with zero attached hydrogens (tertiary/aromatic N) is 1. The first-order valence-corrected chi connectivity index (χ1v) is 8.29. The fourth-order valence-corrected chi connectivity index (χ4v) is 2.94. The van der Waals surface area contributed by atoms with Crippen molar-refractivity contribution in [3.63, 3.8) is 0 Å². The highest BCUT2D eigenvalue weighted by atomic mass is 16.6. The van der Waals surface area contributed by atoms with E-state index in [9.17, 15) is 19.7 Å². The van der Waals surface area contributed by atoms with E-state index in [0.29, 0.717) is 11.5 Å². The lowest BCUT2D eigenvalue weighted by Gasteiger charge is -2.29. The molecule has 1 aromatic rings. The van der Waals surface area contributed by atoms with Gasteiger partial charge < -0.3 is 10.6 Å². The van der Waals surface area contributed by atoms with Crippen LogP contribution >= 0.6 is 0 Å². The van der Waals surface area contributed by atoms with Crippen LogP contribution in [-0.4, -0.2) is 29.3 Å². The van der Waals surface area contributed by atoms with Crippen molar-refractivity contribution >= 4 is 17.5 Å². The lowest BCUT2D eigenvalue weighted by Crippen LogP contribution is -2.42. The van der Waals surface area contributed by atoms with Gasteiger partial charge in [0.2, 0.25) is 5.91 Å². The molecule has 0 heterocycles. The molecule has 0 bridgehead atoms. The zero-order valence-electron chi connectivity index (χ0n) is 13.8. The Kier molecular flexibility index (Phi) is 6.28. The fraction of sp³-hybridized carbons (Fsp3) is 0.529. The van der Waals surface area contributed by atoms with Crippen LogP contribution in [0.4, 0.5) is 5.69 Å². The van der Waals surface area contributed by atoms with Gasteiger partial charge in [-0.25, -0.2) is 0 Å². The Morgan fingerprint density at radius 1 is 1.21 bits per heavy atom. The number of nitro benzene ring substituents is 1. The minimum absolute atomic E-state index is 0.0576. The third kappa shape index (κ3) is 5.04. The standard InChI is InChI=1S/C17H23N3O4/c1-12-4-2-3-5-15(12)19-16(21)10-11-18-17(22)13-6-8-14(9-7-13)20(23)24/h6-9,12,15H,2-5,10-11H2,1H3,(H,18,22)(H,19,21)/t12-,15-/m1/s1. The van der Waals surface area contributed by atoms with E-state index in [4.69, 9.17) is 0 Å². The Hall–Kier alpha value is -2.44. The van der Waals surface area contributed by atoms with Crippen molar-refractivity contribution in [1.29, 1.82) is 0 Å². The van der Waals surface area contributed by atoms with Crippen molar-refractivity contribution in [3.05, 3.63) is 39.9 Å². The average molecular weight is 333 g/mol. The zero-order chi connectivity index (χ0) is 17.5. The van der Waals surface area contributed by atoms with Gasteiger partial charge in [0.15, 0.2) is 0 Å². The van der Waals surface area contributed by atoms with Gasteiger partial charge in [0.25, 0.3) is 11.6 Å². The van der Waals surface area contributed by atoms with E-state index in [1.807, 2.05) is 0 Å². The van der Waals surface area contributed by atoms with Gasteiger partial charge >= 0.3 is 0 Å². The molecule has 0 unspecified atom stereocenters. The largest absolute Gasteiger partial charge is 0.353 e. The molecule has 0 saturated heterocycles. The van der Waals surface area contributed by atoms with Crippen LogP contribution in [-0.2, 0) is 4.79 Å². The lowest BCUT2D eigenvalue weighted by molar-refractivity contribution is -0.384. The number of hydrogen-bond acceptors (Lipinski definition) is 4. The highest BCUT2D eigenvalue weighted by Crippen LogP contribution is 2.23. The predicted octanol–water partition coefficient (Wildman–Crippen LogP) is 2.41. The van der Waals surface area contributed by atoms with Crippen LogP contribution < -0.4 is 10.6 Å². The van der Waals surface area contributed by atoms with E-state index in [0.717, 1.165) is 19.3 Å². The Bertz CT molecular complexity index is 600. The number of rotatable bonds is 6. The number of amides is 2. The first-order chi connectivity index (χ1) is 11.5. The molecule has 2 rings (SSSR count). The number of hydrogen-bond donors (Lipinski definition) is 2. The molecular formula is C17H23N3O4. The molecule has 0 aromatic heterocycles. The first-order valence-electron chi connectivity index (χ1n) is 8.29. The minimum atomic E-state index is -0.516. The third-order valence-electron chi connectivity index (χ3n) is 4.44. The Labute approximate surface area is 141 Å². The Balaban J connectivity index is 1.73. The molecule has 2 amide bonds. The molecule has 2 atom stereocenters. The van der Waals surface area contributed by atoms with Crippen molar-refractivity contribution < 1.29 is 14.5 Å². The van der Waals surface area contributed by atoms with Gasteiger partial charge in [0, 0.05) is 36.7 Å². The molecule has 1 aliphatic carbocycles. The normalized spacial score (nSPS) is 20.2. The Morgan fingerprint density at radius 2 is 1.88 bits per heavy atom. The van der Waals surface area contributed by atoms with Crippen molar-refractivity contribution in [2.75, 3.05) is 6.54 Å². The van der Waals surface area contributed by atoms with Gasteiger partial charge in [0.1, 0.15) is 0 Å². The summed E-state index contributed by atoms with van der Waals surface area (Å²) >= 11 is 0. The number of non-ortho nitro benzene ring substituents is 1. The van der Waals surface area contributed by atoms with E-state index in [1.165, 1.54) is 30.7 Å². The lowest BCUT2D eigenvalue weighted by atomic mass is 9.86. The van der Waals surface area contributed by atoms with Crippen LogP contribution in [0.3, 0.4) is 0 Å². The van der Waals surface area contributed by atoms with Crippen LogP contribution in [0.5, 0.6) is 0 Å². The molecule has 0 spiro atoms. The summed E-state index contributed by atoms with van der Waals surface area (Å²) in [6.45, 7) is 2.39. The summed E-state index contributed by atoms with van der Waals surface area (Å²) in [7, 11) is 0. The summed E-state index contributed by atoms with van der Waals surface area (Å²) in [5.74, 6) is 0.0962. The van der Waals surface area contributed by atoms with Gasteiger partial charge in [0.05, 0.1) is 4.92 Å².